The molecule has 1 amide bonds. The minimum Gasteiger partial charge on any atom is -0.321 e. The number of benzene rings is 1. The molecule has 0 aromatic heterocycles. The molecule has 1 N–H and O–H groups in total. The fraction of sp³-hybridized carbons (Fsp3) is 0.533. The Hall–Kier alpha value is -1.95. The average molecular weight is 289 g/mol. The molecule has 2 atom stereocenters. The molecule has 112 valence electrons. The smallest absolute Gasteiger partial charge is 0.272 e. The van der Waals surface area contributed by atoms with E-state index in [9.17, 15) is 14.9 Å². The Kier molecular flexibility index (Phi) is 3.41. The van der Waals surface area contributed by atoms with Gasteiger partial charge in [-0.15, -0.1) is 0 Å². The molecule has 1 heterocycles. The van der Waals surface area contributed by atoms with Gasteiger partial charge in [0.2, 0.25) is 5.91 Å². The molecule has 6 heteroatoms. The van der Waals surface area contributed by atoms with Crippen LogP contribution in [-0.2, 0) is 4.79 Å². The Morgan fingerprint density at radius 2 is 2.14 bits per heavy atom. The maximum atomic E-state index is 12.3. The number of nitro benzene ring substituents is 1. The van der Waals surface area contributed by atoms with E-state index in [0.717, 1.165) is 12.1 Å². The molecular weight excluding hydrogens is 270 g/mol. The normalized spacial score (nSPS) is 25.4. The Labute approximate surface area is 123 Å². The molecule has 3 rings (SSSR count). The van der Waals surface area contributed by atoms with Crippen LogP contribution in [-0.4, -0.2) is 28.3 Å². The van der Waals surface area contributed by atoms with Crippen LogP contribution in [0.5, 0.6) is 0 Å². The lowest BCUT2D eigenvalue weighted by molar-refractivity contribution is -0.385. The van der Waals surface area contributed by atoms with Crippen molar-refractivity contribution in [2.45, 2.75) is 38.9 Å². The number of amides is 1. The van der Waals surface area contributed by atoms with E-state index in [0.29, 0.717) is 11.5 Å². The summed E-state index contributed by atoms with van der Waals surface area (Å²) in [6.07, 6.45) is 2.07. The molecule has 0 radical (unpaired) electrons. The van der Waals surface area contributed by atoms with Crippen molar-refractivity contribution < 1.29 is 9.72 Å². The average Bonchev–Trinajstić information content (AvgIpc) is 3.21. The molecule has 2 aliphatic rings. The van der Waals surface area contributed by atoms with E-state index in [2.05, 4.69) is 5.32 Å². The van der Waals surface area contributed by atoms with Gasteiger partial charge in [-0.05, 0) is 38.2 Å². The zero-order valence-corrected chi connectivity index (χ0v) is 12.2. The molecule has 2 fully saturated rings. The summed E-state index contributed by atoms with van der Waals surface area (Å²) in [5.41, 5.74) is 1.52. The van der Waals surface area contributed by atoms with Gasteiger partial charge in [0.25, 0.3) is 5.69 Å². The molecule has 1 aliphatic heterocycles. The van der Waals surface area contributed by atoms with Crippen molar-refractivity contribution >= 4 is 11.6 Å². The zero-order chi connectivity index (χ0) is 15.1. The third-order valence-electron chi connectivity index (χ3n) is 4.27. The van der Waals surface area contributed by atoms with Crippen LogP contribution >= 0.6 is 0 Å². The van der Waals surface area contributed by atoms with Gasteiger partial charge in [-0.1, -0.05) is 12.1 Å². The first-order valence-corrected chi connectivity index (χ1v) is 7.29. The maximum absolute atomic E-state index is 12.3. The van der Waals surface area contributed by atoms with Crippen LogP contribution in [0.1, 0.15) is 37.1 Å². The first-order valence-electron chi connectivity index (χ1n) is 7.29. The summed E-state index contributed by atoms with van der Waals surface area (Å²) in [5, 5.41) is 14.3. The molecule has 0 spiro atoms. The first kappa shape index (κ1) is 14.0. The highest BCUT2D eigenvalue weighted by Gasteiger charge is 2.40. The van der Waals surface area contributed by atoms with E-state index in [-0.39, 0.29) is 28.7 Å². The quantitative estimate of drug-likeness (QED) is 0.680. The van der Waals surface area contributed by atoms with Gasteiger partial charge in [0, 0.05) is 18.2 Å². The third kappa shape index (κ3) is 2.63. The SMILES string of the molecule is Cc1ccc(C2NC(C)C(=O)N2CC2CC2)cc1[N+](=O)[O-]. The summed E-state index contributed by atoms with van der Waals surface area (Å²) in [6, 6.07) is 4.95. The summed E-state index contributed by atoms with van der Waals surface area (Å²) in [7, 11) is 0. The topological polar surface area (TPSA) is 75.5 Å². The van der Waals surface area contributed by atoms with Crippen molar-refractivity contribution in [3.8, 4) is 0 Å². The van der Waals surface area contributed by atoms with Crippen molar-refractivity contribution in [2.24, 2.45) is 5.92 Å². The largest absolute Gasteiger partial charge is 0.321 e. The fourth-order valence-electron chi connectivity index (χ4n) is 2.82. The number of hydrogen-bond donors (Lipinski definition) is 1. The van der Waals surface area contributed by atoms with Crippen LogP contribution in [0.25, 0.3) is 0 Å². The molecule has 1 aromatic carbocycles. The highest BCUT2D eigenvalue weighted by Crippen LogP contribution is 2.35. The number of hydrogen-bond acceptors (Lipinski definition) is 4. The minimum absolute atomic E-state index is 0.0788. The standard InChI is InChI=1S/C15H19N3O3/c1-9-3-6-12(7-13(9)18(20)21)14-16-10(2)15(19)17(14)8-11-4-5-11/h3,6-7,10-11,14,16H,4-5,8H2,1-2H3. The predicted octanol–water partition coefficient (Wildman–Crippen LogP) is 2.13. The number of rotatable bonds is 4. The van der Waals surface area contributed by atoms with Crippen molar-refractivity contribution in [3.63, 3.8) is 0 Å². The molecule has 1 aromatic rings. The Bertz CT molecular complexity index is 598. The van der Waals surface area contributed by atoms with E-state index < -0.39 is 0 Å². The molecule has 2 unspecified atom stereocenters. The zero-order valence-electron chi connectivity index (χ0n) is 12.2. The number of nitro groups is 1. The summed E-state index contributed by atoms with van der Waals surface area (Å²) in [6.45, 7) is 4.30. The predicted molar refractivity (Wildman–Crippen MR) is 77.6 cm³/mol. The van der Waals surface area contributed by atoms with E-state index in [1.165, 1.54) is 12.8 Å². The fourth-order valence-corrected chi connectivity index (χ4v) is 2.82. The van der Waals surface area contributed by atoms with Gasteiger partial charge in [-0.2, -0.15) is 0 Å². The lowest BCUT2D eigenvalue weighted by Gasteiger charge is -2.24. The van der Waals surface area contributed by atoms with Crippen LogP contribution in [0.2, 0.25) is 0 Å². The van der Waals surface area contributed by atoms with E-state index in [1.54, 1.807) is 19.1 Å². The van der Waals surface area contributed by atoms with E-state index >= 15 is 0 Å². The monoisotopic (exact) mass is 289 g/mol. The van der Waals surface area contributed by atoms with Crippen molar-refractivity contribution in [1.29, 1.82) is 0 Å². The molecule has 21 heavy (non-hydrogen) atoms. The summed E-state index contributed by atoms with van der Waals surface area (Å²) in [5.74, 6) is 0.666. The van der Waals surface area contributed by atoms with E-state index in [4.69, 9.17) is 0 Å². The van der Waals surface area contributed by atoms with Crippen molar-refractivity contribution in [1.82, 2.24) is 10.2 Å². The van der Waals surface area contributed by atoms with Gasteiger partial charge in [0.05, 0.1) is 11.0 Å². The van der Waals surface area contributed by atoms with Crippen molar-refractivity contribution in [3.05, 3.63) is 39.4 Å². The lowest BCUT2D eigenvalue weighted by Crippen LogP contribution is -2.32. The summed E-state index contributed by atoms with van der Waals surface area (Å²) < 4.78 is 0. The van der Waals surface area contributed by atoms with Crippen LogP contribution in [0, 0.1) is 23.0 Å². The second-order valence-electron chi connectivity index (χ2n) is 6.03. The van der Waals surface area contributed by atoms with Gasteiger partial charge < -0.3 is 4.90 Å². The Morgan fingerprint density at radius 3 is 2.76 bits per heavy atom. The number of nitrogens with one attached hydrogen (secondary N) is 1. The Morgan fingerprint density at radius 1 is 1.43 bits per heavy atom. The molecule has 1 aliphatic carbocycles. The maximum Gasteiger partial charge on any atom is 0.272 e. The summed E-state index contributed by atoms with van der Waals surface area (Å²) >= 11 is 0. The molecular formula is C15H19N3O3. The number of nitrogens with zero attached hydrogens (tertiary/aromatic N) is 2. The van der Waals surface area contributed by atoms with Crippen LogP contribution < -0.4 is 5.32 Å². The van der Waals surface area contributed by atoms with Crippen molar-refractivity contribution in [2.75, 3.05) is 6.54 Å². The Balaban J connectivity index is 1.91. The van der Waals surface area contributed by atoms with E-state index in [1.807, 2.05) is 17.9 Å². The molecule has 0 bridgehead atoms. The van der Waals surface area contributed by atoms with Gasteiger partial charge >= 0.3 is 0 Å². The number of carbonyl (C=O) groups excluding carboxylic acids is 1. The summed E-state index contributed by atoms with van der Waals surface area (Å²) in [4.78, 5) is 24.8. The van der Waals surface area contributed by atoms with Gasteiger partial charge in [-0.3, -0.25) is 20.2 Å². The first-order chi connectivity index (χ1) is 9.97. The highest BCUT2D eigenvalue weighted by molar-refractivity contribution is 5.84. The highest BCUT2D eigenvalue weighted by atomic mass is 16.6. The van der Waals surface area contributed by atoms with Gasteiger partial charge in [-0.25, -0.2) is 0 Å². The van der Waals surface area contributed by atoms with Gasteiger partial charge in [0.1, 0.15) is 6.17 Å². The second-order valence-corrected chi connectivity index (χ2v) is 6.03. The van der Waals surface area contributed by atoms with Crippen LogP contribution in [0.15, 0.2) is 18.2 Å². The molecule has 6 nitrogen and oxygen atoms in total. The van der Waals surface area contributed by atoms with Gasteiger partial charge in [0.15, 0.2) is 0 Å². The number of aryl methyl sites for hydroxylation is 1. The number of carbonyl (C=O) groups is 1. The van der Waals surface area contributed by atoms with Crippen LogP contribution in [0.3, 0.4) is 0 Å². The molecule has 1 saturated heterocycles. The molecule has 1 saturated carbocycles. The van der Waals surface area contributed by atoms with Crippen LogP contribution in [0.4, 0.5) is 5.69 Å². The lowest BCUT2D eigenvalue weighted by atomic mass is 10.1. The second kappa shape index (κ2) is 5.11. The third-order valence-corrected chi connectivity index (χ3v) is 4.27. The minimum atomic E-state index is -0.371.